The number of carbonyl (C=O) groups is 1. The Hall–Kier alpha value is -3.26. The highest BCUT2D eigenvalue weighted by Crippen LogP contribution is 2.19. The van der Waals surface area contributed by atoms with Gasteiger partial charge in [-0.05, 0) is 42.0 Å². The Labute approximate surface area is 125 Å². The zero-order chi connectivity index (χ0) is 15.5. The topological polar surface area (TPSA) is 62.4 Å². The molecule has 0 radical (unpaired) electrons. The normalized spacial score (nSPS) is 15.4. The van der Waals surface area contributed by atoms with Gasteiger partial charge in [0.2, 0.25) is 5.90 Å². The van der Waals surface area contributed by atoms with Crippen LogP contribution in [0.3, 0.4) is 0 Å². The number of carbonyl (C=O) groups excluding carboxylic acids is 1. The third-order valence-electron chi connectivity index (χ3n) is 3.01. The van der Waals surface area contributed by atoms with Crippen molar-refractivity contribution in [2.75, 3.05) is 0 Å². The predicted molar refractivity (Wildman–Crippen MR) is 78.2 cm³/mol. The minimum atomic E-state index is -0.610. The molecule has 2 aromatic rings. The van der Waals surface area contributed by atoms with Crippen LogP contribution in [0.25, 0.3) is 6.08 Å². The summed E-state index contributed by atoms with van der Waals surface area (Å²) in [4.78, 5) is 15.9. The van der Waals surface area contributed by atoms with Gasteiger partial charge in [-0.2, -0.15) is 5.26 Å². The van der Waals surface area contributed by atoms with E-state index in [1.807, 2.05) is 6.07 Å². The molecular formula is C17H9FN2O2. The average molecular weight is 292 g/mol. The molecule has 0 N–H and O–H groups in total. The van der Waals surface area contributed by atoms with Crippen molar-refractivity contribution in [3.8, 4) is 6.07 Å². The molecule has 4 nitrogen and oxygen atoms in total. The van der Waals surface area contributed by atoms with Crippen LogP contribution in [0.15, 0.2) is 59.2 Å². The zero-order valence-corrected chi connectivity index (χ0v) is 11.3. The maximum Gasteiger partial charge on any atom is 0.363 e. The van der Waals surface area contributed by atoms with E-state index in [2.05, 4.69) is 4.99 Å². The minimum absolute atomic E-state index is 0.0622. The number of rotatable bonds is 2. The van der Waals surface area contributed by atoms with Crippen molar-refractivity contribution in [2.24, 2.45) is 4.99 Å². The number of aliphatic imine (C=N–C) groups is 1. The van der Waals surface area contributed by atoms with E-state index in [1.54, 1.807) is 30.3 Å². The van der Waals surface area contributed by atoms with Crippen LogP contribution in [0.1, 0.15) is 16.7 Å². The van der Waals surface area contributed by atoms with E-state index in [0.29, 0.717) is 16.7 Å². The van der Waals surface area contributed by atoms with E-state index in [0.717, 1.165) is 0 Å². The first kappa shape index (κ1) is 13.7. The van der Waals surface area contributed by atoms with E-state index in [-0.39, 0.29) is 11.6 Å². The first-order valence-corrected chi connectivity index (χ1v) is 6.44. The molecule has 106 valence electrons. The van der Waals surface area contributed by atoms with Gasteiger partial charge in [0, 0.05) is 5.56 Å². The summed E-state index contributed by atoms with van der Waals surface area (Å²) in [7, 11) is 0. The molecule has 22 heavy (non-hydrogen) atoms. The smallest absolute Gasteiger partial charge is 0.363 e. The molecule has 5 heteroatoms. The molecule has 1 aliphatic heterocycles. The van der Waals surface area contributed by atoms with Crippen molar-refractivity contribution >= 4 is 17.9 Å². The lowest BCUT2D eigenvalue weighted by Crippen LogP contribution is -2.05. The number of nitriles is 1. The fourth-order valence-electron chi connectivity index (χ4n) is 2.01. The van der Waals surface area contributed by atoms with Crippen LogP contribution in [-0.2, 0) is 9.53 Å². The van der Waals surface area contributed by atoms with Gasteiger partial charge >= 0.3 is 5.97 Å². The zero-order valence-electron chi connectivity index (χ0n) is 11.3. The first-order valence-electron chi connectivity index (χ1n) is 6.44. The van der Waals surface area contributed by atoms with Crippen molar-refractivity contribution in [1.82, 2.24) is 0 Å². The Balaban J connectivity index is 1.96. The van der Waals surface area contributed by atoms with Crippen molar-refractivity contribution in [3.63, 3.8) is 0 Å². The van der Waals surface area contributed by atoms with E-state index >= 15 is 0 Å². The summed E-state index contributed by atoms with van der Waals surface area (Å²) < 4.78 is 18.3. The maximum absolute atomic E-state index is 13.2. The number of ether oxygens (including phenoxy) is 1. The highest BCUT2D eigenvalue weighted by Gasteiger charge is 2.24. The average Bonchev–Trinajstić information content (AvgIpc) is 2.89. The second kappa shape index (κ2) is 5.62. The molecule has 0 amide bonds. The maximum atomic E-state index is 13.2. The lowest BCUT2D eigenvalue weighted by Gasteiger charge is -1.98. The fourth-order valence-corrected chi connectivity index (χ4v) is 2.01. The molecule has 1 aliphatic rings. The first-order chi connectivity index (χ1) is 10.7. The molecule has 0 atom stereocenters. The molecule has 0 saturated carbocycles. The molecule has 0 unspecified atom stereocenters. The van der Waals surface area contributed by atoms with Gasteiger partial charge in [-0.25, -0.2) is 14.2 Å². The molecular weight excluding hydrogens is 283 g/mol. The second-order valence-corrected chi connectivity index (χ2v) is 4.58. The predicted octanol–water partition coefficient (Wildman–Crippen LogP) is 3.04. The summed E-state index contributed by atoms with van der Waals surface area (Å²) >= 11 is 0. The molecule has 0 aliphatic carbocycles. The van der Waals surface area contributed by atoms with Gasteiger partial charge in [0.15, 0.2) is 5.70 Å². The van der Waals surface area contributed by atoms with Gasteiger partial charge in [0.25, 0.3) is 0 Å². The van der Waals surface area contributed by atoms with E-state index < -0.39 is 11.8 Å². The van der Waals surface area contributed by atoms with Crippen molar-refractivity contribution in [1.29, 1.82) is 5.26 Å². The van der Waals surface area contributed by atoms with Crippen LogP contribution in [0, 0.1) is 17.1 Å². The SMILES string of the molecule is N#Cc1cccc(/C=C2/N=C(c3cccc(F)c3)OC2=O)c1. The Bertz CT molecular complexity index is 863. The number of benzene rings is 2. The highest BCUT2D eigenvalue weighted by atomic mass is 19.1. The largest absolute Gasteiger partial charge is 0.402 e. The quantitative estimate of drug-likeness (QED) is 0.631. The Kier molecular flexibility index (Phi) is 3.50. The number of nitrogens with zero attached hydrogens (tertiary/aromatic N) is 2. The Morgan fingerprint density at radius 1 is 1.18 bits per heavy atom. The third kappa shape index (κ3) is 2.76. The summed E-state index contributed by atoms with van der Waals surface area (Å²) in [6.45, 7) is 0. The summed E-state index contributed by atoms with van der Waals surface area (Å²) in [5.41, 5.74) is 1.64. The monoisotopic (exact) mass is 292 g/mol. The molecule has 0 spiro atoms. The van der Waals surface area contributed by atoms with Gasteiger partial charge in [-0.15, -0.1) is 0 Å². The van der Waals surface area contributed by atoms with Gasteiger partial charge in [0.1, 0.15) is 5.82 Å². The van der Waals surface area contributed by atoms with Crippen LogP contribution in [-0.4, -0.2) is 11.9 Å². The second-order valence-electron chi connectivity index (χ2n) is 4.58. The van der Waals surface area contributed by atoms with Crippen LogP contribution in [0.4, 0.5) is 4.39 Å². The van der Waals surface area contributed by atoms with Gasteiger partial charge in [-0.1, -0.05) is 18.2 Å². The van der Waals surface area contributed by atoms with Gasteiger partial charge < -0.3 is 4.74 Å². The fraction of sp³-hybridized carbons (Fsp3) is 0. The Morgan fingerprint density at radius 2 is 2.00 bits per heavy atom. The van der Waals surface area contributed by atoms with Crippen LogP contribution < -0.4 is 0 Å². The van der Waals surface area contributed by atoms with Crippen LogP contribution in [0.2, 0.25) is 0 Å². The summed E-state index contributed by atoms with van der Waals surface area (Å²) in [6.07, 6.45) is 1.52. The molecule has 0 saturated heterocycles. The number of hydrogen-bond acceptors (Lipinski definition) is 4. The molecule has 1 heterocycles. The third-order valence-corrected chi connectivity index (χ3v) is 3.01. The molecule has 0 bridgehead atoms. The molecule has 2 aromatic carbocycles. The van der Waals surface area contributed by atoms with Crippen molar-refractivity contribution < 1.29 is 13.9 Å². The number of hydrogen-bond donors (Lipinski definition) is 0. The van der Waals surface area contributed by atoms with E-state index in [4.69, 9.17) is 10.00 Å². The molecule has 3 rings (SSSR count). The summed E-state index contributed by atoms with van der Waals surface area (Å²) in [5.74, 6) is -0.982. The summed E-state index contributed by atoms with van der Waals surface area (Å²) in [5, 5.41) is 8.87. The van der Waals surface area contributed by atoms with E-state index in [9.17, 15) is 9.18 Å². The van der Waals surface area contributed by atoms with E-state index in [1.165, 1.54) is 24.3 Å². The van der Waals surface area contributed by atoms with Gasteiger partial charge in [-0.3, -0.25) is 0 Å². The van der Waals surface area contributed by atoms with Crippen molar-refractivity contribution in [3.05, 3.63) is 76.7 Å². The number of halogens is 1. The standard InChI is InChI=1S/C17H9FN2O2/c18-14-6-2-5-13(9-14)16-20-15(17(21)22-16)8-11-3-1-4-12(7-11)10-19/h1-9H/b15-8+. The highest BCUT2D eigenvalue weighted by molar-refractivity contribution is 6.12. The Morgan fingerprint density at radius 3 is 2.77 bits per heavy atom. The minimum Gasteiger partial charge on any atom is -0.402 e. The lowest BCUT2D eigenvalue weighted by molar-refractivity contribution is -0.129. The number of cyclic esters (lactones) is 1. The van der Waals surface area contributed by atoms with Crippen LogP contribution >= 0.6 is 0 Å². The van der Waals surface area contributed by atoms with Crippen molar-refractivity contribution in [2.45, 2.75) is 0 Å². The number of esters is 1. The lowest BCUT2D eigenvalue weighted by atomic mass is 10.1. The molecule has 0 fully saturated rings. The molecule has 0 aromatic heterocycles. The van der Waals surface area contributed by atoms with Gasteiger partial charge in [0.05, 0.1) is 11.6 Å². The summed E-state index contributed by atoms with van der Waals surface area (Å²) in [6, 6.07) is 14.4. The van der Waals surface area contributed by atoms with Crippen LogP contribution in [0.5, 0.6) is 0 Å².